The maximum Gasteiger partial charge on any atom is 0.264 e. The van der Waals surface area contributed by atoms with Crippen LogP contribution in [0.4, 0.5) is 11.4 Å². The monoisotopic (exact) mass is 541 g/mol. The molecule has 0 saturated carbocycles. The first kappa shape index (κ1) is 24.9. The van der Waals surface area contributed by atoms with Gasteiger partial charge in [0.15, 0.2) is 5.17 Å². The number of carbonyl (C=O) groups is 1. The van der Waals surface area contributed by atoms with Crippen LogP contribution in [-0.4, -0.2) is 24.2 Å². The van der Waals surface area contributed by atoms with Gasteiger partial charge in [-0.3, -0.25) is 4.79 Å². The second-order valence-corrected chi connectivity index (χ2v) is 11.8. The van der Waals surface area contributed by atoms with Crippen LogP contribution >= 0.6 is 11.8 Å². The van der Waals surface area contributed by atoms with Crippen LogP contribution in [0.25, 0.3) is 6.08 Å². The fourth-order valence-electron chi connectivity index (χ4n) is 6.39. The number of rotatable bonds is 4. The molecule has 4 nitrogen and oxygen atoms in total. The minimum atomic E-state index is -0.0956. The summed E-state index contributed by atoms with van der Waals surface area (Å²) in [5.41, 5.74) is 9.87. The van der Waals surface area contributed by atoms with Gasteiger partial charge in [-0.1, -0.05) is 84.9 Å². The molecule has 1 amide bonds. The molecule has 0 unspecified atom stereocenters. The van der Waals surface area contributed by atoms with E-state index in [1.807, 2.05) is 24.3 Å². The lowest BCUT2D eigenvalue weighted by molar-refractivity contribution is -0.115. The highest BCUT2D eigenvalue weighted by molar-refractivity contribution is 8.18. The SMILES string of the molecule is Cc1ccccc1/C=C1\SC(=Nc2cc3c4c(c2)[C@H](c2ccccc2)CCN4CC[C@@H]3c2ccccc2)NC1=O. The average Bonchev–Trinajstić information content (AvgIpc) is 3.33. The molecule has 3 aliphatic heterocycles. The number of carbonyl (C=O) groups excluding carboxylic acids is 1. The minimum absolute atomic E-state index is 0.0956. The van der Waals surface area contributed by atoms with E-state index in [2.05, 4.69) is 96.0 Å². The summed E-state index contributed by atoms with van der Waals surface area (Å²) in [4.78, 5) is 21.2. The molecule has 1 fully saturated rings. The van der Waals surface area contributed by atoms with Gasteiger partial charge in [-0.25, -0.2) is 4.99 Å². The number of aryl methyl sites for hydroxylation is 1. The zero-order valence-corrected chi connectivity index (χ0v) is 23.3. The van der Waals surface area contributed by atoms with Gasteiger partial charge < -0.3 is 10.2 Å². The van der Waals surface area contributed by atoms with E-state index in [0.29, 0.717) is 21.9 Å². The van der Waals surface area contributed by atoms with Crippen molar-refractivity contribution in [1.29, 1.82) is 0 Å². The summed E-state index contributed by atoms with van der Waals surface area (Å²) in [7, 11) is 0. The van der Waals surface area contributed by atoms with E-state index in [0.717, 1.165) is 42.7 Å². The Morgan fingerprint density at radius 2 is 1.40 bits per heavy atom. The lowest BCUT2D eigenvalue weighted by Gasteiger charge is -2.43. The number of hydrogen-bond acceptors (Lipinski definition) is 4. The number of thioether (sulfide) groups is 1. The number of amides is 1. The normalized spacial score (nSPS) is 21.9. The maximum absolute atomic E-state index is 12.9. The molecular formula is C35H31N3OS. The van der Waals surface area contributed by atoms with Gasteiger partial charge in [0, 0.05) is 30.6 Å². The molecule has 7 rings (SSSR count). The number of benzene rings is 4. The second-order valence-electron chi connectivity index (χ2n) is 10.8. The molecule has 2 atom stereocenters. The van der Waals surface area contributed by atoms with Crippen molar-refractivity contribution in [2.24, 2.45) is 4.99 Å². The van der Waals surface area contributed by atoms with Gasteiger partial charge in [0.25, 0.3) is 5.91 Å². The first-order valence-electron chi connectivity index (χ1n) is 14.0. The van der Waals surface area contributed by atoms with Crippen LogP contribution in [0.2, 0.25) is 0 Å². The van der Waals surface area contributed by atoms with E-state index in [1.165, 1.54) is 39.7 Å². The van der Waals surface area contributed by atoms with Crippen LogP contribution in [0.5, 0.6) is 0 Å². The lowest BCUT2D eigenvalue weighted by Crippen LogP contribution is -2.37. The number of amidine groups is 1. The van der Waals surface area contributed by atoms with Crippen molar-refractivity contribution in [1.82, 2.24) is 5.32 Å². The molecule has 4 aromatic carbocycles. The molecule has 0 bridgehead atoms. The Morgan fingerprint density at radius 1 is 0.825 bits per heavy atom. The summed E-state index contributed by atoms with van der Waals surface area (Å²) in [5, 5.41) is 3.65. The predicted molar refractivity (Wildman–Crippen MR) is 166 cm³/mol. The zero-order valence-electron chi connectivity index (χ0n) is 22.5. The topological polar surface area (TPSA) is 44.7 Å². The van der Waals surface area contributed by atoms with Crippen molar-refractivity contribution in [3.05, 3.63) is 135 Å². The fraction of sp³-hybridized carbons (Fsp3) is 0.200. The number of nitrogens with one attached hydrogen (secondary N) is 1. The third kappa shape index (κ3) is 4.65. The third-order valence-electron chi connectivity index (χ3n) is 8.36. The Morgan fingerprint density at radius 3 is 2.00 bits per heavy atom. The van der Waals surface area contributed by atoms with E-state index in [-0.39, 0.29) is 5.91 Å². The Balaban J connectivity index is 1.32. The van der Waals surface area contributed by atoms with Crippen LogP contribution in [0.3, 0.4) is 0 Å². The highest BCUT2D eigenvalue weighted by atomic mass is 32.2. The molecule has 0 radical (unpaired) electrons. The highest BCUT2D eigenvalue weighted by Crippen LogP contribution is 2.50. The largest absolute Gasteiger partial charge is 0.371 e. The molecule has 40 heavy (non-hydrogen) atoms. The molecule has 0 spiro atoms. The van der Waals surface area contributed by atoms with Gasteiger partial charge in [0.05, 0.1) is 10.6 Å². The smallest absolute Gasteiger partial charge is 0.264 e. The van der Waals surface area contributed by atoms with Crippen molar-refractivity contribution in [3.8, 4) is 0 Å². The Labute approximate surface area is 239 Å². The lowest BCUT2D eigenvalue weighted by atomic mass is 9.76. The Bertz CT molecular complexity index is 1570. The van der Waals surface area contributed by atoms with Crippen molar-refractivity contribution < 1.29 is 4.79 Å². The van der Waals surface area contributed by atoms with Crippen molar-refractivity contribution in [2.45, 2.75) is 31.6 Å². The summed E-state index contributed by atoms with van der Waals surface area (Å²) in [6, 6.07) is 34.4. The zero-order chi connectivity index (χ0) is 27.1. The summed E-state index contributed by atoms with van der Waals surface area (Å²) in [6.45, 7) is 4.19. The number of anilines is 1. The quantitative estimate of drug-likeness (QED) is 0.269. The van der Waals surface area contributed by atoms with Gasteiger partial charge >= 0.3 is 0 Å². The summed E-state index contributed by atoms with van der Waals surface area (Å²) >= 11 is 1.42. The Kier molecular flexibility index (Phi) is 6.52. The van der Waals surface area contributed by atoms with Crippen molar-refractivity contribution in [3.63, 3.8) is 0 Å². The maximum atomic E-state index is 12.9. The van der Waals surface area contributed by atoms with Gasteiger partial charge in [0.1, 0.15) is 0 Å². The van der Waals surface area contributed by atoms with Crippen molar-refractivity contribution in [2.75, 3.05) is 18.0 Å². The van der Waals surface area contributed by atoms with Crippen LogP contribution in [0, 0.1) is 6.92 Å². The van der Waals surface area contributed by atoms with Gasteiger partial charge in [-0.15, -0.1) is 0 Å². The molecule has 0 aromatic heterocycles. The molecule has 4 aromatic rings. The van der Waals surface area contributed by atoms with Crippen LogP contribution in [0.15, 0.2) is 107 Å². The summed E-state index contributed by atoms with van der Waals surface area (Å²) < 4.78 is 0. The number of aliphatic imine (C=N–C) groups is 1. The van der Waals surface area contributed by atoms with E-state index in [4.69, 9.17) is 4.99 Å². The van der Waals surface area contributed by atoms with Gasteiger partial charge in [-0.05, 0) is 83.1 Å². The standard InChI is InChI=1S/C35H31N3OS/c1-23-10-8-9-15-26(23)20-32-34(39)37-35(40-32)36-27-21-30-28(24-11-4-2-5-12-24)16-18-38-19-17-29(31(22-27)33(30)38)25-13-6-3-7-14-25/h2-15,20-22,28-29H,16-19H2,1H3,(H,36,37,39)/b32-20-/t28-,29+. The first-order chi connectivity index (χ1) is 19.6. The first-order valence-corrected chi connectivity index (χ1v) is 14.8. The molecule has 3 aliphatic rings. The third-order valence-corrected chi connectivity index (χ3v) is 9.27. The summed E-state index contributed by atoms with van der Waals surface area (Å²) in [5.74, 6) is 0.549. The predicted octanol–water partition coefficient (Wildman–Crippen LogP) is 7.76. The number of nitrogens with zero attached hydrogens (tertiary/aromatic N) is 2. The van der Waals surface area contributed by atoms with E-state index in [1.54, 1.807) is 0 Å². The van der Waals surface area contributed by atoms with E-state index >= 15 is 0 Å². The van der Waals surface area contributed by atoms with Crippen molar-refractivity contribution >= 4 is 40.3 Å². The fourth-order valence-corrected chi connectivity index (χ4v) is 7.22. The Hall–Kier alpha value is -4.09. The average molecular weight is 542 g/mol. The van der Waals surface area contributed by atoms with Crippen LogP contribution in [-0.2, 0) is 4.79 Å². The van der Waals surface area contributed by atoms with E-state index < -0.39 is 0 Å². The number of hydrogen-bond donors (Lipinski definition) is 1. The molecule has 5 heteroatoms. The molecule has 3 heterocycles. The van der Waals surface area contributed by atoms with Crippen LogP contribution in [0.1, 0.15) is 58.1 Å². The molecule has 0 aliphatic carbocycles. The molecular weight excluding hydrogens is 510 g/mol. The van der Waals surface area contributed by atoms with Crippen LogP contribution < -0.4 is 10.2 Å². The molecule has 1 N–H and O–H groups in total. The highest BCUT2D eigenvalue weighted by Gasteiger charge is 2.35. The van der Waals surface area contributed by atoms with Gasteiger partial charge in [0.2, 0.25) is 0 Å². The van der Waals surface area contributed by atoms with E-state index in [9.17, 15) is 4.79 Å². The summed E-state index contributed by atoms with van der Waals surface area (Å²) in [6.07, 6.45) is 4.13. The molecule has 1 saturated heterocycles. The minimum Gasteiger partial charge on any atom is -0.371 e. The van der Waals surface area contributed by atoms with Gasteiger partial charge in [-0.2, -0.15) is 0 Å². The molecule has 198 valence electrons. The second kappa shape index (κ2) is 10.5.